The normalized spacial score (nSPS) is 10.6. The molecular weight excluding hydrogens is 324 g/mol. The van der Waals surface area contributed by atoms with Crippen LogP contribution in [0.3, 0.4) is 0 Å². The number of primary amides is 1. The third kappa shape index (κ3) is 3.59. The number of fused-ring (bicyclic) bond motifs is 1. The number of methoxy groups -OCH3 is 1. The Balaban J connectivity index is 2.68. The molecule has 2 aromatic rings. The van der Waals surface area contributed by atoms with Crippen LogP contribution in [0.4, 0.5) is 10.5 Å². The number of aryl methyl sites for hydroxylation is 2. The van der Waals surface area contributed by atoms with E-state index in [1.807, 2.05) is 0 Å². The van der Waals surface area contributed by atoms with Gasteiger partial charge in [-0.1, -0.05) is 11.6 Å². The van der Waals surface area contributed by atoms with Crippen molar-refractivity contribution < 1.29 is 14.3 Å². The molecule has 8 nitrogen and oxygen atoms in total. The standard InChI is InChI=1S/C14H15ClN4O4/c1-7-12-9(18-13(16)21)5-8(15)6-10(12)19(14(22)17-7)4-3-11(20)23-2/h5-6H,3-4H2,1-2H3,(H3,16,18,21). The number of nitrogens with two attached hydrogens (primary N) is 1. The van der Waals surface area contributed by atoms with Crippen molar-refractivity contribution in [1.29, 1.82) is 0 Å². The lowest BCUT2D eigenvalue weighted by Crippen LogP contribution is -2.26. The van der Waals surface area contributed by atoms with E-state index < -0.39 is 17.7 Å². The fourth-order valence-electron chi connectivity index (χ4n) is 2.30. The Morgan fingerprint density at radius 1 is 1.43 bits per heavy atom. The van der Waals surface area contributed by atoms with Crippen LogP contribution in [0, 0.1) is 6.92 Å². The molecule has 0 bridgehead atoms. The Labute approximate surface area is 136 Å². The minimum Gasteiger partial charge on any atom is -0.469 e. The van der Waals surface area contributed by atoms with Crippen molar-refractivity contribution in [1.82, 2.24) is 9.55 Å². The number of esters is 1. The number of hydrogen-bond donors (Lipinski definition) is 2. The summed E-state index contributed by atoms with van der Waals surface area (Å²) in [4.78, 5) is 38.5. The maximum Gasteiger partial charge on any atom is 0.348 e. The van der Waals surface area contributed by atoms with E-state index in [4.69, 9.17) is 17.3 Å². The minimum absolute atomic E-state index is 0.00133. The summed E-state index contributed by atoms with van der Waals surface area (Å²) in [6.45, 7) is 1.71. The second kappa shape index (κ2) is 6.66. The molecule has 9 heteroatoms. The number of rotatable bonds is 4. The van der Waals surface area contributed by atoms with Crippen LogP contribution >= 0.6 is 11.6 Å². The predicted octanol–water partition coefficient (Wildman–Crippen LogP) is 1.41. The van der Waals surface area contributed by atoms with Crippen molar-refractivity contribution in [2.75, 3.05) is 12.4 Å². The van der Waals surface area contributed by atoms with E-state index in [9.17, 15) is 14.4 Å². The first kappa shape index (κ1) is 16.8. The fourth-order valence-corrected chi connectivity index (χ4v) is 2.51. The number of urea groups is 1. The molecule has 0 fully saturated rings. The van der Waals surface area contributed by atoms with Gasteiger partial charge in [0.25, 0.3) is 0 Å². The predicted molar refractivity (Wildman–Crippen MR) is 85.6 cm³/mol. The van der Waals surface area contributed by atoms with Gasteiger partial charge in [0.05, 0.1) is 30.4 Å². The lowest BCUT2D eigenvalue weighted by Gasteiger charge is -2.14. The quantitative estimate of drug-likeness (QED) is 0.817. The van der Waals surface area contributed by atoms with Crippen LogP contribution < -0.4 is 16.7 Å². The molecule has 0 spiro atoms. The Morgan fingerprint density at radius 2 is 2.13 bits per heavy atom. The third-order valence-electron chi connectivity index (χ3n) is 3.25. The zero-order valence-corrected chi connectivity index (χ0v) is 13.3. The molecule has 1 heterocycles. The van der Waals surface area contributed by atoms with Crippen LogP contribution in [0.1, 0.15) is 12.1 Å². The Morgan fingerprint density at radius 3 is 2.74 bits per heavy atom. The zero-order chi connectivity index (χ0) is 17.1. The number of ether oxygens (including phenoxy) is 1. The summed E-state index contributed by atoms with van der Waals surface area (Å²) < 4.78 is 5.88. The lowest BCUT2D eigenvalue weighted by atomic mass is 10.1. The van der Waals surface area contributed by atoms with Crippen molar-refractivity contribution in [2.24, 2.45) is 5.73 Å². The monoisotopic (exact) mass is 338 g/mol. The highest BCUT2D eigenvalue weighted by Gasteiger charge is 2.15. The highest BCUT2D eigenvalue weighted by atomic mass is 35.5. The average molecular weight is 339 g/mol. The molecule has 1 aromatic carbocycles. The first-order valence-corrected chi connectivity index (χ1v) is 7.05. The second-order valence-corrected chi connectivity index (χ2v) is 5.23. The number of nitrogens with one attached hydrogen (secondary N) is 1. The highest BCUT2D eigenvalue weighted by Crippen LogP contribution is 2.29. The van der Waals surface area contributed by atoms with E-state index >= 15 is 0 Å². The summed E-state index contributed by atoms with van der Waals surface area (Å²) in [5.41, 5.74) is 5.84. The summed E-state index contributed by atoms with van der Waals surface area (Å²) >= 11 is 6.05. The number of hydrogen-bond acceptors (Lipinski definition) is 5. The van der Waals surface area contributed by atoms with E-state index in [1.165, 1.54) is 17.7 Å². The highest BCUT2D eigenvalue weighted by molar-refractivity contribution is 6.32. The average Bonchev–Trinajstić information content (AvgIpc) is 2.44. The Bertz CT molecular complexity index is 847. The molecule has 3 N–H and O–H groups in total. The molecule has 23 heavy (non-hydrogen) atoms. The maximum atomic E-state index is 12.1. The SMILES string of the molecule is COC(=O)CCn1c(=O)nc(C)c2c(NC(N)=O)cc(Cl)cc21. The van der Waals surface area contributed by atoms with E-state index in [0.717, 1.165) is 0 Å². The van der Waals surface area contributed by atoms with E-state index in [0.29, 0.717) is 27.3 Å². The number of carbonyl (C=O) groups is 2. The molecule has 0 aliphatic heterocycles. The van der Waals surface area contributed by atoms with Gasteiger partial charge in [0.15, 0.2) is 0 Å². The molecular formula is C14H15ClN4O4. The van der Waals surface area contributed by atoms with Crippen molar-refractivity contribution in [3.8, 4) is 0 Å². The van der Waals surface area contributed by atoms with Gasteiger partial charge in [-0.3, -0.25) is 9.36 Å². The van der Waals surface area contributed by atoms with E-state index in [2.05, 4.69) is 15.0 Å². The van der Waals surface area contributed by atoms with Gasteiger partial charge >= 0.3 is 17.7 Å². The number of amides is 2. The van der Waals surface area contributed by atoms with Gasteiger partial charge in [0.1, 0.15) is 0 Å². The molecule has 0 saturated carbocycles. The number of anilines is 1. The van der Waals surface area contributed by atoms with Crippen molar-refractivity contribution in [2.45, 2.75) is 19.9 Å². The summed E-state index contributed by atoms with van der Waals surface area (Å²) in [5, 5.41) is 3.29. The Kier molecular flexibility index (Phi) is 4.85. The molecule has 0 saturated heterocycles. The van der Waals surface area contributed by atoms with E-state index in [-0.39, 0.29) is 13.0 Å². The van der Waals surface area contributed by atoms with Crippen LogP contribution in [0.5, 0.6) is 0 Å². The van der Waals surface area contributed by atoms with Crippen LogP contribution in [0.2, 0.25) is 5.02 Å². The molecule has 0 aliphatic rings. The van der Waals surface area contributed by atoms with Gasteiger partial charge in [-0.25, -0.2) is 9.59 Å². The largest absolute Gasteiger partial charge is 0.469 e. The summed E-state index contributed by atoms with van der Waals surface area (Å²) in [5.74, 6) is -0.455. The molecule has 122 valence electrons. The summed E-state index contributed by atoms with van der Waals surface area (Å²) in [6, 6.07) is 2.31. The van der Waals surface area contributed by atoms with Gasteiger partial charge in [-0.15, -0.1) is 0 Å². The van der Waals surface area contributed by atoms with Gasteiger partial charge < -0.3 is 15.8 Å². The molecule has 0 radical (unpaired) electrons. The number of carbonyl (C=O) groups excluding carboxylic acids is 2. The fraction of sp³-hybridized carbons (Fsp3) is 0.286. The lowest BCUT2D eigenvalue weighted by molar-refractivity contribution is -0.140. The maximum absolute atomic E-state index is 12.1. The van der Waals surface area contributed by atoms with Gasteiger partial charge in [-0.2, -0.15) is 4.98 Å². The van der Waals surface area contributed by atoms with Crippen LogP contribution in [0.25, 0.3) is 10.9 Å². The van der Waals surface area contributed by atoms with Gasteiger partial charge in [-0.05, 0) is 19.1 Å². The minimum atomic E-state index is -0.764. The van der Waals surface area contributed by atoms with Gasteiger partial charge in [0.2, 0.25) is 0 Å². The smallest absolute Gasteiger partial charge is 0.348 e. The van der Waals surface area contributed by atoms with Crippen molar-refractivity contribution in [3.05, 3.63) is 33.3 Å². The topological polar surface area (TPSA) is 116 Å². The van der Waals surface area contributed by atoms with Gasteiger partial charge in [0, 0.05) is 17.0 Å². The zero-order valence-electron chi connectivity index (χ0n) is 12.6. The van der Waals surface area contributed by atoms with Crippen LogP contribution in [-0.4, -0.2) is 28.7 Å². The first-order chi connectivity index (χ1) is 10.8. The van der Waals surface area contributed by atoms with Crippen LogP contribution in [0.15, 0.2) is 16.9 Å². The molecule has 0 aliphatic carbocycles. The Hall–Kier alpha value is -2.61. The summed E-state index contributed by atoms with van der Waals surface area (Å²) in [7, 11) is 1.27. The van der Waals surface area contributed by atoms with Crippen molar-refractivity contribution >= 4 is 40.2 Å². The first-order valence-electron chi connectivity index (χ1n) is 6.67. The molecule has 2 amide bonds. The summed E-state index contributed by atoms with van der Waals surface area (Å²) in [6.07, 6.45) is 0.00133. The van der Waals surface area contributed by atoms with E-state index in [1.54, 1.807) is 13.0 Å². The van der Waals surface area contributed by atoms with Crippen molar-refractivity contribution in [3.63, 3.8) is 0 Å². The van der Waals surface area contributed by atoms with Crippen LogP contribution in [-0.2, 0) is 16.1 Å². The number of benzene rings is 1. The third-order valence-corrected chi connectivity index (χ3v) is 3.47. The molecule has 1 aromatic heterocycles. The number of nitrogens with zero attached hydrogens (tertiary/aromatic N) is 2. The molecule has 0 unspecified atom stereocenters. The molecule has 2 rings (SSSR count). The molecule has 0 atom stereocenters. The number of aromatic nitrogens is 2. The second-order valence-electron chi connectivity index (χ2n) is 4.79. The number of halogens is 1.